The first-order chi connectivity index (χ1) is 10.2. The SMILES string of the molecule is CCCC(CN)C(=O)Nc1cccc(Cl)c1-n1cncn1. The van der Waals surface area contributed by atoms with E-state index in [1.807, 2.05) is 6.92 Å². The molecule has 2 aromatic rings. The molecule has 1 aromatic carbocycles. The Morgan fingerprint density at radius 2 is 2.33 bits per heavy atom. The van der Waals surface area contributed by atoms with Crippen LogP contribution in [0.5, 0.6) is 0 Å². The maximum absolute atomic E-state index is 12.3. The van der Waals surface area contributed by atoms with Gasteiger partial charge in [0.05, 0.1) is 16.6 Å². The molecule has 0 fully saturated rings. The second kappa shape index (κ2) is 7.19. The number of nitrogens with one attached hydrogen (secondary N) is 1. The van der Waals surface area contributed by atoms with Crippen LogP contribution in [0.1, 0.15) is 19.8 Å². The molecule has 0 aliphatic heterocycles. The summed E-state index contributed by atoms with van der Waals surface area (Å²) in [6, 6.07) is 5.29. The molecule has 1 unspecified atom stereocenters. The van der Waals surface area contributed by atoms with E-state index in [2.05, 4.69) is 15.4 Å². The molecule has 0 radical (unpaired) electrons. The molecule has 1 atom stereocenters. The molecule has 1 amide bonds. The van der Waals surface area contributed by atoms with Crippen LogP contribution in [-0.2, 0) is 4.79 Å². The fourth-order valence-corrected chi connectivity index (χ4v) is 2.37. The molecule has 3 N–H and O–H groups in total. The van der Waals surface area contributed by atoms with Gasteiger partial charge in [0.25, 0.3) is 0 Å². The lowest BCUT2D eigenvalue weighted by Gasteiger charge is -2.16. The first-order valence-corrected chi connectivity index (χ1v) is 7.19. The summed E-state index contributed by atoms with van der Waals surface area (Å²) >= 11 is 6.21. The minimum absolute atomic E-state index is 0.108. The number of hydrogen-bond acceptors (Lipinski definition) is 4. The van der Waals surface area contributed by atoms with Gasteiger partial charge in [-0.25, -0.2) is 9.67 Å². The molecule has 0 saturated heterocycles. The molecule has 112 valence electrons. The number of amides is 1. The zero-order valence-electron chi connectivity index (χ0n) is 11.8. The lowest BCUT2D eigenvalue weighted by atomic mass is 10.0. The van der Waals surface area contributed by atoms with Gasteiger partial charge in [-0.15, -0.1) is 0 Å². The highest BCUT2D eigenvalue weighted by atomic mass is 35.5. The standard InChI is InChI=1S/C14H18ClN5O/c1-2-4-10(7-16)14(21)19-12-6-3-5-11(15)13(12)20-9-17-8-18-20/h3,5-6,8-10H,2,4,7,16H2,1H3,(H,19,21). The maximum Gasteiger partial charge on any atom is 0.228 e. The smallest absolute Gasteiger partial charge is 0.228 e. The molecule has 7 heteroatoms. The van der Waals surface area contributed by atoms with Crippen molar-refractivity contribution in [3.63, 3.8) is 0 Å². The van der Waals surface area contributed by atoms with Gasteiger partial charge in [-0.3, -0.25) is 4.79 Å². The van der Waals surface area contributed by atoms with E-state index in [-0.39, 0.29) is 11.8 Å². The van der Waals surface area contributed by atoms with Crippen molar-refractivity contribution >= 4 is 23.2 Å². The molecule has 0 saturated carbocycles. The van der Waals surface area contributed by atoms with Crippen molar-refractivity contribution in [3.8, 4) is 5.69 Å². The van der Waals surface area contributed by atoms with Gasteiger partial charge < -0.3 is 11.1 Å². The summed E-state index contributed by atoms with van der Waals surface area (Å²) in [5.74, 6) is -0.319. The predicted octanol–water partition coefficient (Wildman–Crippen LogP) is 2.23. The van der Waals surface area contributed by atoms with E-state index in [9.17, 15) is 4.79 Å². The summed E-state index contributed by atoms with van der Waals surface area (Å²) in [6.45, 7) is 2.34. The first kappa shape index (κ1) is 15.5. The zero-order chi connectivity index (χ0) is 15.2. The highest BCUT2D eigenvalue weighted by Gasteiger charge is 2.18. The van der Waals surface area contributed by atoms with Crippen LogP contribution in [0.25, 0.3) is 5.69 Å². The van der Waals surface area contributed by atoms with Gasteiger partial charge in [0.15, 0.2) is 0 Å². The number of nitrogens with two attached hydrogens (primary N) is 1. The van der Waals surface area contributed by atoms with Gasteiger partial charge in [-0.2, -0.15) is 5.10 Å². The highest BCUT2D eigenvalue weighted by molar-refractivity contribution is 6.33. The average Bonchev–Trinajstić information content (AvgIpc) is 2.98. The maximum atomic E-state index is 12.3. The molecule has 6 nitrogen and oxygen atoms in total. The van der Waals surface area contributed by atoms with Crippen LogP contribution in [0.15, 0.2) is 30.9 Å². The van der Waals surface area contributed by atoms with Crippen LogP contribution >= 0.6 is 11.6 Å². The molecular formula is C14H18ClN5O. The Hall–Kier alpha value is -1.92. The number of carbonyl (C=O) groups excluding carboxylic acids is 1. The van der Waals surface area contributed by atoms with Gasteiger partial charge in [0.1, 0.15) is 18.3 Å². The van der Waals surface area contributed by atoms with Gasteiger partial charge in [-0.05, 0) is 18.6 Å². The van der Waals surface area contributed by atoms with Crippen molar-refractivity contribution in [1.29, 1.82) is 0 Å². The average molecular weight is 308 g/mol. The quantitative estimate of drug-likeness (QED) is 0.857. The van der Waals surface area contributed by atoms with Gasteiger partial charge in [0, 0.05) is 6.54 Å². The molecule has 0 aliphatic rings. The lowest BCUT2D eigenvalue weighted by molar-refractivity contribution is -0.119. The lowest BCUT2D eigenvalue weighted by Crippen LogP contribution is -2.29. The number of benzene rings is 1. The number of halogens is 1. The Labute approximate surface area is 128 Å². The van der Waals surface area contributed by atoms with E-state index in [0.717, 1.165) is 12.8 Å². The third-order valence-corrected chi connectivity index (χ3v) is 3.49. The van der Waals surface area contributed by atoms with Crippen molar-refractivity contribution in [2.75, 3.05) is 11.9 Å². The van der Waals surface area contributed by atoms with Crippen LogP contribution < -0.4 is 11.1 Å². The molecule has 21 heavy (non-hydrogen) atoms. The second-order valence-corrected chi connectivity index (χ2v) is 5.09. The Morgan fingerprint density at radius 1 is 1.52 bits per heavy atom. The Balaban J connectivity index is 2.28. The molecule has 1 heterocycles. The number of rotatable bonds is 6. The summed E-state index contributed by atoms with van der Waals surface area (Å²) in [5, 5.41) is 7.43. The molecule has 0 spiro atoms. The van der Waals surface area contributed by atoms with E-state index in [0.29, 0.717) is 22.9 Å². The zero-order valence-corrected chi connectivity index (χ0v) is 12.5. The summed E-state index contributed by atoms with van der Waals surface area (Å²) in [6.07, 6.45) is 4.60. The van der Waals surface area contributed by atoms with Crippen molar-refractivity contribution in [3.05, 3.63) is 35.9 Å². The summed E-state index contributed by atoms with van der Waals surface area (Å²) < 4.78 is 1.52. The van der Waals surface area contributed by atoms with Crippen molar-refractivity contribution in [1.82, 2.24) is 14.8 Å². The van der Waals surface area contributed by atoms with E-state index in [1.54, 1.807) is 18.2 Å². The van der Waals surface area contributed by atoms with Crippen LogP contribution in [0.4, 0.5) is 5.69 Å². The monoisotopic (exact) mass is 307 g/mol. The molecule has 1 aromatic heterocycles. The Kier molecular flexibility index (Phi) is 5.30. The van der Waals surface area contributed by atoms with Crippen molar-refractivity contribution in [2.45, 2.75) is 19.8 Å². The number of aromatic nitrogens is 3. The van der Waals surface area contributed by atoms with E-state index < -0.39 is 0 Å². The van der Waals surface area contributed by atoms with Gasteiger partial charge in [0.2, 0.25) is 5.91 Å². The predicted molar refractivity (Wildman–Crippen MR) is 82.5 cm³/mol. The number of anilines is 1. The Morgan fingerprint density at radius 3 is 2.95 bits per heavy atom. The van der Waals surface area contributed by atoms with Crippen LogP contribution in [0.3, 0.4) is 0 Å². The van der Waals surface area contributed by atoms with E-state index >= 15 is 0 Å². The fraction of sp³-hybridized carbons (Fsp3) is 0.357. The largest absolute Gasteiger partial charge is 0.330 e. The van der Waals surface area contributed by atoms with Gasteiger partial charge in [-0.1, -0.05) is 31.0 Å². The van der Waals surface area contributed by atoms with Crippen LogP contribution in [-0.4, -0.2) is 27.2 Å². The minimum atomic E-state index is -0.211. The normalized spacial score (nSPS) is 12.1. The number of para-hydroxylation sites is 1. The van der Waals surface area contributed by atoms with E-state index in [1.165, 1.54) is 17.3 Å². The highest BCUT2D eigenvalue weighted by Crippen LogP contribution is 2.28. The van der Waals surface area contributed by atoms with Gasteiger partial charge >= 0.3 is 0 Å². The summed E-state index contributed by atoms with van der Waals surface area (Å²) in [4.78, 5) is 16.2. The van der Waals surface area contributed by atoms with Crippen molar-refractivity contribution in [2.24, 2.45) is 11.7 Å². The number of hydrogen-bond donors (Lipinski definition) is 2. The molecule has 2 rings (SSSR count). The number of nitrogens with zero attached hydrogens (tertiary/aromatic N) is 3. The summed E-state index contributed by atoms with van der Waals surface area (Å²) in [5.41, 5.74) is 6.85. The van der Waals surface area contributed by atoms with Crippen LogP contribution in [0.2, 0.25) is 5.02 Å². The second-order valence-electron chi connectivity index (χ2n) is 4.69. The summed E-state index contributed by atoms with van der Waals surface area (Å²) in [7, 11) is 0. The first-order valence-electron chi connectivity index (χ1n) is 6.81. The number of carbonyl (C=O) groups is 1. The van der Waals surface area contributed by atoms with Crippen molar-refractivity contribution < 1.29 is 4.79 Å². The minimum Gasteiger partial charge on any atom is -0.330 e. The third kappa shape index (κ3) is 3.59. The van der Waals surface area contributed by atoms with E-state index in [4.69, 9.17) is 17.3 Å². The Bertz CT molecular complexity index is 599. The van der Waals surface area contributed by atoms with Crippen LogP contribution in [0, 0.1) is 5.92 Å². The fourth-order valence-electron chi connectivity index (χ4n) is 2.11. The topological polar surface area (TPSA) is 85.8 Å². The third-order valence-electron chi connectivity index (χ3n) is 3.18. The molecular weight excluding hydrogens is 290 g/mol. The molecule has 0 aliphatic carbocycles. The molecule has 0 bridgehead atoms.